The van der Waals surface area contributed by atoms with Crippen molar-refractivity contribution >= 4 is 34.2 Å². The summed E-state index contributed by atoms with van der Waals surface area (Å²) >= 11 is 1.57. The van der Waals surface area contributed by atoms with Gasteiger partial charge in [0, 0.05) is 11.3 Å². The zero-order valence-corrected chi connectivity index (χ0v) is 13.4. The highest BCUT2D eigenvalue weighted by molar-refractivity contribution is 8.14. The molecule has 0 aliphatic carbocycles. The molecule has 0 saturated carbocycles. The number of carbonyl (C=O) groups is 1. The molecule has 0 bridgehead atoms. The minimum Gasteiger partial charge on any atom is -0.482 e. The molecule has 0 radical (unpaired) electrons. The zero-order valence-electron chi connectivity index (χ0n) is 12.6. The number of nitrogens with one attached hydrogen (secondary N) is 2. The molecule has 3 heterocycles. The summed E-state index contributed by atoms with van der Waals surface area (Å²) in [6.45, 7) is 0.537. The predicted molar refractivity (Wildman–Crippen MR) is 92.5 cm³/mol. The number of hydrogen-bond acceptors (Lipinski definition) is 6. The van der Waals surface area contributed by atoms with Crippen LogP contribution in [0.3, 0.4) is 0 Å². The van der Waals surface area contributed by atoms with Gasteiger partial charge in [0.15, 0.2) is 11.8 Å². The maximum Gasteiger partial charge on any atom is 0.262 e. The van der Waals surface area contributed by atoms with Crippen molar-refractivity contribution < 1.29 is 13.9 Å². The standard InChI is InChI=1S/C16H14N4O3S/c21-15-8-23-14-4-3-10(6-12(14)18-15)13-9-24-16(20-19-13)17-7-11-2-1-5-22-11/h1-6H,7-9H2,(H,17,20)(H,18,21). The first-order chi connectivity index (χ1) is 11.8. The van der Waals surface area contributed by atoms with E-state index in [4.69, 9.17) is 9.15 Å². The van der Waals surface area contributed by atoms with Crippen LogP contribution >= 0.6 is 11.8 Å². The van der Waals surface area contributed by atoms with Gasteiger partial charge in [0.05, 0.1) is 24.2 Å². The van der Waals surface area contributed by atoms with Crippen LogP contribution in [0.15, 0.2) is 51.1 Å². The van der Waals surface area contributed by atoms with E-state index in [1.165, 1.54) is 0 Å². The second-order valence-electron chi connectivity index (χ2n) is 5.21. The van der Waals surface area contributed by atoms with E-state index in [0.29, 0.717) is 23.7 Å². The topological polar surface area (TPSA) is 88.2 Å². The summed E-state index contributed by atoms with van der Waals surface area (Å²) in [6.07, 6.45) is 1.63. The monoisotopic (exact) mass is 342 g/mol. The van der Waals surface area contributed by atoms with E-state index in [-0.39, 0.29) is 12.5 Å². The lowest BCUT2D eigenvalue weighted by Crippen LogP contribution is -2.27. The van der Waals surface area contributed by atoms with Crippen LogP contribution in [0.25, 0.3) is 0 Å². The molecule has 0 atom stereocenters. The molecule has 1 aromatic heterocycles. The third-order valence-corrected chi connectivity index (χ3v) is 4.45. The van der Waals surface area contributed by atoms with Crippen LogP contribution in [-0.4, -0.2) is 29.1 Å². The number of aliphatic imine (C=N–C) groups is 1. The summed E-state index contributed by atoms with van der Waals surface area (Å²) in [5, 5.41) is 7.94. The second-order valence-corrected chi connectivity index (χ2v) is 6.17. The molecule has 2 N–H and O–H groups in total. The second kappa shape index (κ2) is 6.40. The van der Waals surface area contributed by atoms with Crippen molar-refractivity contribution in [3.05, 3.63) is 47.9 Å². The van der Waals surface area contributed by atoms with Crippen molar-refractivity contribution in [2.24, 2.45) is 10.1 Å². The Morgan fingerprint density at radius 1 is 1.33 bits per heavy atom. The number of benzene rings is 1. The van der Waals surface area contributed by atoms with Gasteiger partial charge < -0.3 is 14.5 Å². The smallest absolute Gasteiger partial charge is 0.262 e. The molecule has 0 fully saturated rings. The van der Waals surface area contributed by atoms with Gasteiger partial charge in [-0.2, -0.15) is 5.10 Å². The van der Waals surface area contributed by atoms with Crippen molar-refractivity contribution in [3.8, 4) is 5.75 Å². The number of furan rings is 1. The summed E-state index contributed by atoms with van der Waals surface area (Å²) < 4.78 is 10.6. The van der Waals surface area contributed by atoms with Crippen molar-refractivity contribution in [2.45, 2.75) is 6.54 Å². The minimum atomic E-state index is -0.148. The molecule has 2 aliphatic rings. The fourth-order valence-electron chi connectivity index (χ4n) is 2.36. The van der Waals surface area contributed by atoms with Crippen molar-refractivity contribution in [1.82, 2.24) is 5.43 Å². The highest BCUT2D eigenvalue weighted by Crippen LogP contribution is 2.29. The first kappa shape index (κ1) is 14.8. The van der Waals surface area contributed by atoms with Gasteiger partial charge in [0.1, 0.15) is 11.5 Å². The Hall–Kier alpha value is -2.74. The van der Waals surface area contributed by atoms with E-state index in [9.17, 15) is 4.79 Å². The van der Waals surface area contributed by atoms with Crippen LogP contribution in [-0.2, 0) is 11.3 Å². The number of fused-ring (bicyclic) bond motifs is 1. The number of hydrogen-bond donors (Lipinski definition) is 2. The SMILES string of the molecule is O=C1COc2ccc(C3=NNC(=NCc4ccco4)SC3)cc2N1. The van der Waals surface area contributed by atoms with Gasteiger partial charge in [-0.1, -0.05) is 11.8 Å². The van der Waals surface area contributed by atoms with E-state index in [2.05, 4.69) is 20.8 Å². The van der Waals surface area contributed by atoms with Gasteiger partial charge in [-0.05, 0) is 30.3 Å². The quantitative estimate of drug-likeness (QED) is 0.893. The van der Waals surface area contributed by atoms with E-state index < -0.39 is 0 Å². The highest BCUT2D eigenvalue weighted by Gasteiger charge is 2.19. The Bertz CT molecular complexity index is 830. The molecule has 7 nitrogen and oxygen atoms in total. The molecular weight excluding hydrogens is 328 g/mol. The van der Waals surface area contributed by atoms with Crippen LogP contribution in [0, 0.1) is 0 Å². The maximum absolute atomic E-state index is 11.4. The van der Waals surface area contributed by atoms with Gasteiger partial charge >= 0.3 is 0 Å². The Kier molecular flexibility index (Phi) is 3.96. The molecule has 8 heteroatoms. The maximum atomic E-state index is 11.4. The summed E-state index contributed by atoms with van der Waals surface area (Å²) in [5.74, 6) is 2.03. The number of rotatable bonds is 3. The van der Waals surface area contributed by atoms with E-state index in [1.807, 2.05) is 30.3 Å². The first-order valence-corrected chi connectivity index (χ1v) is 8.36. The summed E-state index contributed by atoms with van der Waals surface area (Å²) in [5.41, 5.74) is 5.46. The number of amides is 1. The number of anilines is 1. The van der Waals surface area contributed by atoms with Gasteiger partial charge in [0.2, 0.25) is 0 Å². The van der Waals surface area contributed by atoms with Gasteiger partial charge in [-0.25, -0.2) is 0 Å². The molecule has 0 spiro atoms. The molecule has 0 unspecified atom stereocenters. The Balaban J connectivity index is 1.47. The number of carbonyl (C=O) groups excluding carboxylic acids is 1. The lowest BCUT2D eigenvalue weighted by Gasteiger charge is -2.20. The van der Waals surface area contributed by atoms with Crippen LogP contribution in [0.1, 0.15) is 11.3 Å². The molecule has 1 aromatic carbocycles. The average molecular weight is 342 g/mol. The van der Waals surface area contributed by atoms with Crippen LogP contribution < -0.4 is 15.5 Å². The van der Waals surface area contributed by atoms with Crippen LogP contribution in [0.4, 0.5) is 5.69 Å². The van der Waals surface area contributed by atoms with Crippen LogP contribution in [0.2, 0.25) is 0 Å². The number of ether oxygens (including phenoxy) is 1. The number of thioether (sulfide) groups is 1. The van der Waals surface area contributed by atoms with Gasteiger partial charge in [-0.3, -0.25) is 15.2 Å². The average Bonchev–Trinajstić information content (AvgIpc) is 3.13. The highest BCUT2D eigenvalue weighted by atomic mass is 32.2. The fourth-order valence-corrected chi connectivity index (χ4v) is 3.13. The summed E-state index contributed by atoms with van der Waals surface area (Å²) in [4.78, 5) is 15.8. The molecule has 4 rings (SSSR count). The van der Waals surface area contributed by atoms with Crippen molar-refractivity contribution in [2.75, 3.05) is 17.7 Å². The summed E-state index contributed by atoms with van der Waals surface area (Å²) in [6, 6.07) is 9.38. The minimum absolute atomic E-state index is 0.0557. The lowest BCUT2D eigenvalue weighted by atomic mass is 10.1. The molecule has 122 valence electrons. The molecule has 24 heavy (non-hydrogen) atoms. The van der Waals surface area contributed by atoms with Crippen molar-refractivity contribution in [3.63, 3.8) is 0 Å². The third kappa shape index (κ3) is 3.13. The van der Waals surface area contributed by atoms with E-state index >= 15 is 0 Å². The molecular formula is C16H14N4O3S. The molecule has 0 saturated heterocycles. The third-order valence-electron chi connectivity index (χ3n) is 3.54. The summed E-state index contributed by atoms with van der Waals surface area (Å²) in [7, 11) is 0. The van der Waals surface area contributed by atoms with E-state index in [0.717, 1.165) is 22.2 Å². The Morgan fingerprint density at radius 2 is 2.29 bits per heavy atom. The number of hydrazone groups is 1. The number of amidine groups is 1. The van der Waals surface area contributed by atoms with Gasteiger partial charge in [-0.15, -0.1) is 0 Å². The largest absolute Gasteiger partial charge is 0.482 e. The number of nitrogens with zero attached hydrogens (tertiary/aromatic N) is 2. The predicted octanol–water partition coefficient (Wildman–Crippen LogP) is 2.21. The van der Waals surface area contributed by atoms with E-state index in [1.54, 1.807) is 18.0 Å². The van der Waals surface area contributed by atoms with Crippen molar-refractivity contribution in [1.29, 1.82) is 0 Å². The fraction of sp³-hybridized carbons (Fsp3) is 0.188. The normalized spacial score (nSPS) is 18.2. The van der Waals surface area contributed by atoms with Gasteiger partial charge in [0.25, 0.3) is 5.91 Å². The Morgan fingerprint density at radius 3 is 3.08 bits per heavy atom. The molecule has 2 aromatic rings. The molecule has 1 amide bonds. The Labute approximate surface area is 142 Å². The van der Waals surface area contributed by atoms with Crippen LogP contribution in [0.5, 0.6) is 5.75 Å². The molecule has 2 aliphatic heterocycles. The zero-order chi connectivity index (χ0) is 16.4. The first-order valence-electron chi connectivity index (χ1n) is 7.37. The lowest BCUT2D eigenvalue weighted by molar-refractivity contribution is -0.118.